The van der Waals surface area contributed by atoms with Crippen LogP contribution in [0.15, 0.2) is 22.7 Å². The highest BCUT2D eigenvalue weighted by Gasteiger charge is 2.19. The maximum absolute atomic E-state index is 11.1. The summed E-state index contributed by atoms with van der Waals surface area (Å²) >= 11 is 1.72. The van der Waals surface area contributed by atoms with Gasteiger partial charge in [0.2, 0.25) is 11.7 Å². The minimum atomic E-state index is -0.896. The van der Waals surface area contributed by atoms with E-state index >= 15 is 0 Å². The van der Waals surface area contributed by atoms with E-state index in [0.717, 1.165) is 41.2 Å². The van der Waals surface area contributed by atoms with Crippen LogP contribution in [0, 0.1) is 20.8 Å². The minimum absolute atomic E-state index is 0.00312. The lowest BCUT2D eigenvalue weighted by Crippen LogP contribution is -2.36. The number of aromatic nitrogens is 2. The zero-order valence-corrected chi connectivity index (χ0v) is 21.9. The monoisotopic (exact) mass is 514 g/mol. The van der Waals surface area contributed by atoms with Gasteiger partial charge in [-0.15, -0.1) is 11.3 Å². The van der Waals surface area contributed by atoms with E-state index < -0.39 is 18.6 Å². The largest absolute Gasteiger partial charge is 0.490 e. The molecule has 1 aromatic carbocycles. The lowest BCUT2D eigenvalue weighted by atomic mass is 10.1. The average Bonchev–Trinajstić information content (AvgIpc) is 3.50. The van der Waals surface area contributed by atoms with Crippen LogP contribution in [-0.4, -0.2) is 70.1 Å². The first-order valence-electron chi connectivity index (χ1n) is 12.3. The van der Waals surface area contributed by atoms with E-state index in [9.17, 15) is 9.90 Å². The van der Waals surface area contributed by atoms with Crippen LogP contribution in [0.2, 0.25) is 0 Å². The second kappa shape index (κ2) is 12.0. The van der Waals surface area contributed by atoms with Crippen LogP contribution in [0.4, 0.5) is 0 Å². The zero-order chi connectivity index (χ0) is 25.7. The number of carbonyl (C=O) groups excluding carboxylic acids is 1. The summed E-state index contributed by atoms with van der Waals surface area (Å²) in [5.41, 5.74) is 3.83. The first kappa shape index (κ1) is 26.3. The van der Waals surface area contributed by atoms with Crippen LogP contribution in [0.1, 0.15) is 40.8 Å². The number of nitrogens with one attached hydrogen (secondary N) is 1. The number of ether oxygens (including phenoxy) is 1. The molecule has 0 bridgehead atoms. The molecule has 3 N–H and O–H groups in total. The van der Waals surface area contributed by atoms with Gasteiger partial charge in [0.15, 0.2) is 0 Å². The van der Waals surface area contributed by atoms with E-state index in [-0.39, 0.29) is 13.2 Å². The van der Waals surface area contributed by atoms with Gasteiger partial charge in [0.25, 0.3) is 5.89 Å². The SMILES string of the molecule is Cc1cc(-c2nc(-c3cc(C)c(OC[C@H](O)CNC(=O)CO)c(C)c3)no2)sc1CN1CCCCC1. The molecule has 0 radical (unpaired) electrons. The third-order valence-electron chi connectivity index (χ3n) is 6.29. The molecule has 0 spiro atoms. The van der Waals surface area contributed by atoms with Gasteiger partial charge < -0.3 is 24.8 Å². The summed E-state index contributed by atoms with van der Waals surface area (Å²) in [6, 6.07) is 5.99. The highest BCUT2D eigenvalue weighted by Crippen LogP contribution is 2.34. The minimum Gasteiger partial charge on any atom is -0.490 e. The Kier molecular flexibility index (Phi) is 8.73. The van der Waals surface area contributed by atoms with Crippen LogP contribution in [0.25, 0.3) is 22.2 Å². The highest BCUT2D eigenvalue weighted by molar-refractivity contribution is 7.15. The number of rotatable bonds is 10. The Balaban J connectivity index is 1.42. The fourth-order valence-electron chi connectivity index (χ4n) is 4.38. The molecule has 1 saturated heterocycles. The Labute approximate surface area is 215 Å². The molecule has 1 amide bonds. The zero-order valence-electron chi connectivity index (χ0n) is 21.0. The smallest absolute Gasteiger partial charge is 0.268 e. The number of carbonyl (C=O) groups is 1. The molecule has 194 valence electrons. The van der Waals surface area contributed by atoms with E-state index in [0.29, 0.717) is 17.5 Å². The Bertz CT molecular complexity index is 1160. The average molecular weight is 515 g/mol. The van der Waals surface area contributed by atoms with E-state index in [1.165, 1.54) is 29.7 Å². The van der Waals surface area contributed by atoms with Crippen LogP contribution >= 0.6 is 11.3 Å². The predicted octanol–water partition coefficient (Wildman–Crippen LogP) is 3.22. The van der Waals surface area contributed by atoms with E-state index in [2.05, 4.69) is 33.3 Å². The number of piperidine rings is 1. The van der Waals surface area contributed by atoms with Crippen molar-refractivity contribution in [2.75, 3.05) is 32.8 Å². The number of likely N-dealkylation sites (tertiary alicyclic amines) is 1. The van der Waals surface area contributed by atoms with Crippen molar-refractivity contribution in [3.05, 3.63) is 39.8 Å². The molecule has 9 nitrogen and oxygen atoms in total. The van der Waals surface area contributed by atoms with Crippen molar-refractivity contribution in [1.29, 1.82) is 0 Å². The summed E-state index contributed by atoms with van der Waals surface area (Å²) in [5, 5.41) is 25.4. The summed E-state index contributed by atoms with van der Waals surface area (Å²) in [5.74, 6) is 1.15. The quantitative estimate of drug-likeness (QED) is 0.377. The molecule has 0 unspecified atom stereocenters. The molecule has 1 aliphatic rings. The molecular weight excluding hydrogens is 480 g/mol. The first-order chi connectivity index (χ1) is 17.3. The molecule has 36 heavy (non-hydrogen) atoms. The van der Waals surface area contributed by atoms with Gasteiger partial charge in [0.05, 0.1) is 4.88 Å². The third-order valence-corrected chi connectivity index (χ3v) is 7.50. The van der Waals surface area contributed by atoms with Gasteiger partial charge in [-0.05, 0) is 81.6 Å². The molecule has 10 heteroatoms. The van der Waals surface area contributed by atoms with Gasteiger partial charge in [-0.1, -0.05) is 11.6 Å². The fraction of sp³-hybridized carbons (Fsp3) is 0.500. The van der Waals surface area contributed by atoms with E-state index in [1.54, 1.807) is 11.3 Å². The predicted molar refractivity (Wildman–Crippen MR) is 138 cm³/mol. The Hall–Kier alpha value is -2.79. The van der Waals surface area contributed by atoms with Gasteiger partial charge in [-0.3, -0.25) is 9.69 Å². The molecule has 1 aliphatic heterocycles. The number of aliphatic hydroxyl groups is 2. The van der Waals surface area contributed by atoms with Crippen molar-refractivity contribution in [2.45, 2.75) is 52.7 Å². The number of nitrogens with zero attached hydrogens (tertiary/aromatic N) is 3. The van der Waals surface area contributed by atoms with Gasteiger partial charge in [0, 0.05) is 23.5 Å². The first-order valence-corrected chi connectivity index (χ1v) is 13.1. The Morgan fingerprint density at radius 1 is 1.17 bits per heavy atom. The lowest BCUT2D eigenvalue weighted by molar-refractivity contribution is -0.124. The van der Waals surface area contributed by atoms with Crippen LogP contribution < -0.4 is 10.1 Å². The van der Waals surface area contributed by atoms with Crippen molar-refractivity contribution in [2.24, 2.45) is 0 Å². The Morgan fingerprint density at radius 3 is 2.58 bits per heavy atom. The summed E-state index contributed by atoms with van der Waals surface area (Å²) < 4.78 is 11.4. The second-order valence-corrected chi connectivity index (χ2v) is 10.5. The van der Waals surface area contributed by atoms with Crippen LogP contribution in [0.5, 0.6) is 5.75 Å². The molecule has 4 rings (SSSR count). The highest BCUT2D eigenvalue weighted by atomic mass is 32.1. The molecule has 0 aliphatic carbocycles. The van der Waals surface area contributed by atoms with Gasteiger partial charge in [-0.25, -0.2) is 0 Å². The lowest BCUT2D eigenvalue weighted by Gasteiger charge is -2.26. The summed E-state index contributed by atoms with van der Waals surface area (Å²) in [6.45, 7) is 8.67. The van der Waals surface area contributed by atoms with E-state index in [1.807, 2.05) is 26.0 Å². The van der Waals surface area contributed by atoms with Crippen molar-refractivity contribution in [3.8, 4) is 27.9 Å². The maximum Gasteiger partial charge on any atom is 0.268 e. The molecule has 3 heterocycles. The van der Waals surface area contributed by atoms with Gasteiger partial charge in [0.1, 0.15) is 25.1 Å². The number of aliphatic hydroxyl groups excluding tert-OH is 2. The van der Waals surface area contributed by atoms with Gasteiger partial charge in [-0.2, -0.15) is 4.98 Å². The summed E-state index contributed by atoms with van der Waals surface area (Å²) in [7, 11) is 0. The number of aryl methyl sites for hydroxylation is 3. The van der Waals surface area contributed by atoms with E-state index in [4.69, 9.17) is 14.4 Å². The fourth-order valence-corrected chi connectivity index (χ4v) is 5.52. The number of hydrogen-bond acceptors (Lipinski definition) is 9. The molecule has 0 saturated carbocycles. The second-order valence-electron chi connectivity index (χ2n) is 9.34. The number of thiophene rings is 1. The molecule has 2 aromatic heterocycles. The maximum atomic E-state index is 11.1. The number of benzene rings is 1. The molecular formula is C26H34N4O5S. The van der Waals surface area contributed by atoms with Crippen molar-refractivity contribution < 1.29 is 24.3 Å². The van der Waals surface area contributed by atoms with Crippen LogP contribution in [0.3, 0.4) is 0 Å². The number of hydrogen-bond donors (Lipinski definition) is 3. The van der Waals surface area contributed by atoms with Crippen molar-refractivity contribution in [1.82, 2.24) is 20.4 Å². The van der Waals surface area contributed by atoms with Crippen molar-refractivity contribution >= 4 is 17.2 Å². The van der Waals surface area contributed by atoms with Crippen molar-refractivity contribution in [3.63, 3.8) is 0 Å². The summed E-state index contributed by atoms with van der Waals surface area (Å²) in [6.07, 6.45) is 2.98. The normalized spacial score (nSPS) is 15.1. The topological polar surface area (TPSA) is 121 Å². The van der Waals surface area contributed by atoms with Crippen LogP contribution in [-0.2, 0) is 11.3 Å². The number of amides is 1. The summed E-state index contributed by atoms with van der Waals surface area (Å²) in [4.78, 5) is 20.6. The third kappa shape index (κ3) is 6.50. The Morgan fingerprint density at radius 2 is 1.89 bits per heavy atom. The molecule has 3 aromatic rings. The standard InChI is InChI=1S/C26H34N4O5S/c1-16-11-21(36-22(16)13-30-7-5-4-6-8-30)26-28-25(29-35-26)19-9-17(2)24(18(3)10-19)34-15-20(32)12-27-23(33)14-31/h9-11,20,31-32H,4-8,12-15H2,1-3H3,(H,27,33)/t20-/m1/s1. The molecule has 1 atom stereocenters. The van der Waals surface area contributed by atoms with Gasteiger partial charge >= 0.3 is 0 Å². The molecule has 1 fully saturated rings.